The minimum absolute atomic E-state index is 0.0282. The Bertz CT molecular complexity index is 1110. The van der Waals surface area contributed by atoms with E-state index in [1.807, 2.05) is 32.0 Å². The Hall–Kier alpha value is -3.92. The molecule has 0 bridgehead atoms. The highest BCUT2D eigenvalue weighted by Crippen LogP contribution is 2.33. The molecule has 10 nitrogen and oxygen atoms in total. The topological polar surface area (TPSA) is 131 Å². The molecule has 0 aromatic heterocycles. The number of nitrogens with one attached hydrogen (secondary N) is 1. The first-order valence-corrected chi connectivity index (χ1v) is 9.76. The number of aliphatic hydroxyl groups is 1. The first kappa shape index (κ1) is 22.8. The van der Waals surface area contributed by atoms with E-state index in [1.165, 1.54) is 30.2 Å². The fourth-order valence-electron chi connectivity index (χ4n) is 3.26. The van der Waals surface area contributed by atoms with Crippen LogP contribution in [0.25, 0.3) is 0 Å². The molecule has 1 heterocycles. The number of carbonyl (C=O) groups is 2. The molecular weight excluding hydrogens is 418 g/mol. The molecule has 0 saturated carbocycles. The van der Waals surface area contributed by atoms with Crippen molar-refractivity contribution in [2.75, 3.05) is 32.1 Å². The summed E-state index contributed by atoms with van der Waals surface area (Å²) in [5, 5.41) is 23.5. The quantitative estimate of drug-likeness (QED) is 0.363. The van der Waals surface area contributed by atoms with Crippen molar-refractivity contribution in [2.24, 2.45) is 0 Å². The zero-order valence-electron chi connectivity index (χ0n) is 17.9. The molecule has 168 valence electrons. The second-order valence-corrected chi connectivity index (χ2v) is 7.26. The van der Waals surface area contributed by atoms with Crippen LogP contribution >= 0.6 is 0 Å². The summed E-state index contributed by atoms with van der Waals surface area (Å²) in [5.41, 5.74) is 1.74. The summed E-state index contributed by atoms with van der Waals surface area (Å²) in [7, 11) is 1.19. The first-order valence-electron chi connectivity index (χ1n) is 9.76. The van der Waals surface area contributed by atoms with Crippen LogP contribution in [0, 0.1) is 24.0 Å². The molecule has 0 fully saturated rings. The van der Waals surface area contributed by atoms with E-state index in [9.17, 15) is 24.8 Å². The summed E-state index contributed by atoms with van der Waals surface area (Å²) in [4.78, 5) is 37.1. The fraction of sp³-hybridized carbons (Fsp3) is 0.273. The maximum absolute atomic E-state index is 12.7. The number of hydrogen-bond acceptors (Lipinski definition) is 8. The lowest BCUT2D eigenvalue weighted by Gasteiger charge is -2.15. The van der Waals surface area contributed by atoms with Crippen molar-refractivity contribution in [1.29, 1.82) is 0 Å². The number of rotatable bonds is 8. The Morgan fingerprint density at radius 1 is 1.25 bits per heavy atom. The highest BCUT2D eigenvalue weighted by molar-refractivity contribution is 6.08. The van der Waals surface area contributed by atoms with Crippen LogP contribution in [0.4, 0.5) is 11.4 Å². The number of aryl methyl sites for hydroxylation is 2. The molecule has 0 aliphatic carbocycles. The number of amides is 1. The molecule has 0 atom stereocenters. The molecule has 2 N–H and O–H groups in total. The van der Waals surface area contributed by atoms with Crippen molar-refractivity contribution < 1.29 is 29.1 Å². The van der Waals surface area contributed by atoms with Crippen molar-refractivity contribution in [1.82, 2.24) is 4.90 Å². The standard InChI is InChI=1S/C22H23N3O7/c1-13-4-5-14(2)19(8-13)32-17-10-15(9-16(11-17)25(29)30)23-20-18(22(28)31-3)12-24(6-7-26)21(20)27/h4-5,8-11,23,26H,6-7,12H2,1-3H3. The number of esters is 1. The molecule has 1 amide bonds. The smallest absolute Gasteiger partial charge is 0.337 e. The number of carbonyl (C=O) groups excluding carboxylic acids is 2. The number of methoxy groups -OCH3 is 1. The van der Waals surface area contributed by atoms with Gasteiger partial charge in [0.1, 0.15) is 17.2 Å². The fourth-order valence-corrected chi connectivity index (χ4v) is 3.26. The van der Waals surface area contributed by atoms with Crippen molar-refractivity contribution >= 4 is 23.3 Å². The highest BCUT2D eigenvalue weighted by Gasteiger charge is 2.34. The molecule has 1 aliphatic rings. The number of hydrogen-bond donors (Lipinski definition) is 2. The number of β-amino-alcohol motifs (C(OH)–C–C–N with tert-alkyl or cyclic N) is 1. The summed E-state index contributed by atoms with van der Waals surface area (Å²) >= 11 is 0. The number of nitro groups is 1. The van der Waals surface area contributed by atoms with Crippen LogP contribution in [0.15, 0.2) is 47.7 Å². The lowest BCUT2D eigenvalue weighted by molar-refractivity contribution is -0.384. The predicted octanol–water partition coefficient (Wildman–Crippen LogP) is 2.68. The van der Waals surface area contributed by atoms with Crippen molar-refractivity contribution in [3.63, 3.8) is 0 Å². The monoisotopic (exact) mass is 441 g/mol. The second kappa shape index (κ2) is 9.48. The van der Waals surface area contributed by atoms with Crippen molar-refractivity contribution in [3.05, 3.63) is 68.9 Å². The van der Waals surface area contributed by atoms with E-state index in [2.05, 4.69) is 5.32 Å². The Balaban J connectivity index is 1.99. The zero-order chi connectivity index (χ0) is 23.4. The molecule has 0 spiro atoms. The third kappa shape index (κ3) is 4.86. The van der Waals surface area contributed by atoms with Gasteiger partial charge < -0.3 is 24.8 Å². The van der Waals surface area contributed by atoms with Gasteiger partial charge in [-0.25, -0.2) is 4.79 Å². The van der Waals surface area contributed by atoms with Crippen LogP contribution in [-0.2, 0) is 14.3 Å². The summed E-state index contributed by atoms with van der Waals surface area (Å²) < 4.78 is 10.6. The zero-order valence-corrected chi connectivity index (χ0v) is 17.9. The number of ether oxygens (including phenoxy) is 2. The van der Waals surface area contributed by atoms with Crippen LogP contribution in [-0.4, -0.2) is 53.6 Å². The van der Waals surface area contributed by atoms with Crippen LogP contribution in [0.5, 0.6) is 11.5 Å². The minimum atomic E-state index is -0.710. The maximum Gasteiger partial charge on any atom is 0.337 e. The van der Waals surface area contributed by atoms with Crippen LogP contribution in [0.2, 0.25) is 0 Å². The van der Waals surface area contributed by atoms with E-state index in [4.69, 9.17) is 9.47 Å². The molecule has 32 heavy (non-hydrogen) atoms. The normalized spacial score (nSPS) is 13.4. The minimum Gasteiger partial charge on any atom is -0.466 e. The number of benzene rings is 2. The third-order valence-corrected chi connectivity index (χ3v) is 4.90. The number of anilines is 1. The number of nitro benzene ring substituents is 1. The van der Waals surface area contributed by atoms with Crippen LogP contribution < -0.4 is 10.1 Å². The van der Waals surface area contributed by atoms with Gasteiger partial charge in [-0.2, -0.15) is 0 Å². The Morgan fingerprint density at radius 2 is 2.00 bits per heavy atom. The SMILES string of the molecule is COC(=O)C1=C(Nc2cc(Oc3cc(C)ccc3C)cc([N+](=O)[O-])c2)C(=O)N(CCO)C1. The Morgan fingerprint density at radius 3 is 2.66 bits per heavy atom. The first-order chi connectivity index (χ1) is 15.2. The van der Waals surface area contributed by atoms with E-state index >= 15 is 0 Å². The molecule has 2 aromatic carbocycles. The largest absolute Gasteiger partial charge is 0.466 e. The molecular formula is C22H23N3O7. The van der Waals surface area contributed by atoms with E-state index in [0.29, 0.717) is 5.75 Å². The predicted molar refractivity (Wildman–Crippen MR) is 115 cm³/mol. The van der Waals surface area contributed by atoms with Gasteiger partial charge in [0, 0.05) is 24.4 Å². The summed E-state index contributed by atoms with van der Waals surface area (Å²) in [6, 6.07) is 9.62. The number of nitrogens with zero attached hydrogens (tertiary/aromatic N) is 2. The molecule has 0 radical (unpaired) electrons. The molecule has 2 aromatic rings. The van der Waals surface area contributed by atoms with Crippen molar-refractivity contribution in [3.8, 4) is 11.5 Å². The van der Waals surface area contributed by atoms with Gasteiger partial charge in [0.2, 0.25) is 0 Å². The van der Waals surface area contributed by atoms with Gasteiger partial charge in [-0.1, -0.05) is 12.1 Å². The highest BCUT2D eigenvalue weighted by atomic mass is 16.6. The van der Waals surface area contributed by atoms with Crippen LogP contribution in [0.3, 0.4) is 0 Å². The van der Waals surface area contributed by atoms with Gasteiger partial charge in [-0.05, 0) is 31.0 Å². The number of aliphatic hydroxyl groups excluding tert-OH is 1. The van der Waals surface area contributed by atoms with Gasteiger partial charge in [0.15, 0.2) is 0 Å². The van der Waals surface area contributed by atoms with E-state index in [1.54, 1.807) is 0 Å². The van der Waals surface area contributed by atoms with Gasteiger partial charge >= 0.3 is 5.97 Å². The maximum atomic E-state index is 12.7. The molecule has 1 aliphatic heterocycles. The Kier molecular flexibility index (Phi) is 6.74. The average molecular weight is 441 g/mol. The molecule has 0 unspecified atom stereocenters. The van der Waals surface area contributed by atoms with Crippen molar-refractivity contribution in [2.45, 2.75) is 13.8 Å². The Labute approximate surface area is 184 Å². The van der Waals surface area contributed by atoms with E-state index in [-0.39, 0.29) is 48.1 Å². The molecule has 3 rings (SSSR count). The summed E-state index contributed by atoms with van der Waals surface area (Å²) in [6.07, 6.45) is 0. The average Bonchev–Trinajstić information content (AvgIpc) is 3.05. The summed E-state index contributed by atoms with van der Waals surface area (Å²) in [5.74, 6) is -0.508. The van der Waals surface area contributed by atoms with Gasteiger partial charge in [0.05, 0.1) is 36.8 Å². The van der Waals surface area contributed by atoms with Crippen LogP contribution in [0.1, 0.15) is 11.1 Å². The van der Waals surface area contributed by atoms with E-state index < -0.39 is 16.8 Å². The number of non-ortho nitro benzene ring substituents is 1. The molecule has 0 saturated heterocycles. The van der Waals surface area contributed by atoms with Gasteiger partial charge in [-0.15, -0.1) is 0 Å². The van der Waals surface area contributed by atoms with E-state index in [0.717, 1.165) is 11.1 Å². The van der Waals surface area contributed by atoms with Gasteiger partial charge in [-0.3, -0.25) is 14.9 Å². The third-order valence-electron chi connectivity index (χ3n) is 4.90. The summed E-state index contributed by atoms with van der Waals surface area (Å²) in [6.45, 7) is 3.46. The lowest BCUT2D eigenvalue weighted by Crippen LogP contribution is -2.31. The molecule has 10 heteroatoms. The second-order valence-electron chi connectivity index (χ2n) is 7.26. The lowest BCUT2D eigenvalue weighted by atomic mass is 10.1. The van der Waals surface area contributed by atoms with Gasteiger partial charge in [0.25, 0.3) is 11.6 Å².